The van der Waals surface area contributed by atoms with Crippen LogP contribution in [0.4, 0.5) is 23.0 Å². The Balaban J connectivity index is 1.38. The van der Waals surface area contributed by atoms with Crippen molar-refractivity contribution in [3.8, 4) is 0 Å². The summed E-state index contributed by atoms with van der Waals surface area (Å²) in [5, 5.41) is 5.00. The van der Waals surface area contributed by atoms with Gasteiger partial charge in [-0.05, 0) is 43.9 Å². The van der Waals surface area contributed by atoms with Crippen LogP contribution in [0, 0.1) is 0 Å². The molecule has 0 bridgehead atoms. The van der Waals surface area contributed by atoms with Crippen molar-refractivity contribution in [2.24, 2.45) is 0 Å². The summed E-state index contributed by atoms with van der Waals surface area (Å²) in [6, 6.07) is 8.46. The number of rotatable bonds is 6. The highest BCUT2D eigenvalue weighted by Gasteiger charge is 2.33. The number of anilines is 4. The van der Waals surface area contributed by atoms with Gasteiger partial charge in [-0.25, -0.2) is 13.4 Å². The molecule has 3 aliphatic heterocycles. The third kappa shape index (κ3) is 5.20. The van der Waals surface area contributed by atoms with Crippen molar-refractivity contribution >= 4 is 44.6 Å². The molecule has 0 saturated carbocycles. The van der Waals surface area contributed by atoms with Crippen LogP contribution in [0.5, 0.6) is 0 Å². The van der Waals surface area contributed by atoms with Gasteiger partial charge in [-0.15, -0.1) is 0 Å². The molecule has 0 aliphatic carbocycles. The number of benzene rings is 1. The largest absolute Gasteiger partial charge is 0.399 e. The van der Waals surface area contributed by atoms with E-state index in [0.29, 0.717) is 25.4 Å². The Morgan fingerprint density at radius 2 is 1.82 bits per heavy atom. The molecule has 13 heteroatoms. The number of nitrogens with two attached hydrogens (primary N) is 1. The SMILES string of the molecule is CS(=O)(=O)Nc1ccc(N)cc1C(=O)N1CCCCC1c1cc2nc(N3CCC3)cc(N3CCOCC3)n2n1. The average molecular weight is 555 g/mol. The number of aromatic nitrogens is 3. The summed E-state index contributed by atoms with van der Waals surface area (Å²) in [5.74, 6) is 1.63. The Hall–Kier alpha value is -3.58. The molecular weight excluding hydrogens is 520 g/mol. The number of nitrogen functional groups attached to an aromatic ring is 1. The van der Waals surface area contributed by atoms with Gasteiger partial charge in [0.25, 0.3) is 5.91 Å². The highest BCUT2D eigenvalue weighted by Crippen LogP contribution is 2.35. The topological polar surface area (TPSA) is 138 Å². The fraction of sp³-hybridized carbons (Fsp3) is 0.500. The van der Waals surface area contributed by atoms with E-state index in [9.17, 15) is 13.2 Å². The third-order valence-electron chi connectivity index (χ3n) is 7.60. The molecule has 3 aliphatic rings. The van der Waals surface area contributed by atoms with Gasteiger partial charge >= 0.3 is 0 Å². The van der Waals surface area contributed by atoms with Crippen LogP contribution < -0.4 is 20.3 Å². The third-order valence-corrected chi connectivity index (χ3v) is 8.19. The van der Waals surface area contributed by atoms with Gasteiger partial charge in [0, 0.05) is 50.5 Å². The molecule has 3 aromatic rings. The second-order valence-electron chi connectivity index (χ2n) is 10.4. The number of nitrogens with one attached hydrogen (secondary N) is 1. The van der Waals surface area contributed by atoms with Crippen LogP contribution in [0.3, 0.4) is 0 Å². The zero-order valence-electron chi connectivity index (χ0n) is 22.0. The van der Waals surface area contributed by atoms with E-state index in [4.69, 9.17) is 20.6 Å². The summed E-state index contributed by atoms with van der Waals surface area (Å²) in [5.41, 5.74) is 8.35. The molecule has 3 N–H and O–H groups in total. The number of carbonyl (C=O) groups excluding carboxylic acids is 1. The van der Waals surface area contributed by atoms with Crippen LogP contribution in [0.1, 0.15) is 47.8 Å². The maximum atomic E-state index is 13.9. The molecule has 0 spiro atoms. The molecule has 1 atom stereocenters. The molecule has 1 amide bonds. The Bertz CT molecular complexity index is 1500. The quantitative estimate of drug-likeness (QED) is 0.439. The van der Waals surface area contributed by atoms with E-state index in [0.717, 1.165) is 81.1 Å². The molecule has 39 heavy (non-hydrogen) atoms. The summed E-state index contributed by atoms with van der Waals surface area (Å²) in [7, 11) is -3.59. The predicted molar refractivity (Wildman–Crippen MR) is 150 cm³/mol. The first-order valence-corrected chi connectivity index (χ1v) is 15.3. The fourth-order valence-electron chi connectivity index (χ4n) is 5.52. The fourth-order valence-corrected chi connectivity index (χ4v) is 6.09. The molecule has 3 saturated heterocycles. The number of amides is 1. The van der Waals surface area contributed by atoms with E-state index in [1.807, 2.05) is 10.6 Å². The molecule has 2 aromatic heterocycles. The first kappa shape index (κ1) is 25.7. The molecule has 1 unspecified atom stereocenters. The first-order valence-electron chi connectivity index (χ1n) is 13.4. The smallest absolute Gasteiger partial charge is 0.256 e. The minimum atomic E-state index is -3.59. The second-order valence-corrected chi connectivity index (χ2v) is 12.2. The lowest BCUT2D eigenvalue weighted by atomic mass is 9.97. The molecule has 1 aromatic carbocycles. The van der Waals surface area contributed by atoms with E-state index in [-0.39, 0.29) is 23.2 Å². The highest BCUT2D eigenvalue weighted by molar-refractivity contribution is 7.92. The number of hydrogen-bond donors (Lipinski definition) is 2. The Kier molecular flexibility index (Phi) is 6.71. The van der Waals surface area contributed by atoms with E-state index >= 15 is 0 Å². The lowest BCUT2D eigenvalue weighted by Gasteiger charge is -2.35. The van der Waals surface area contributed by atoms with Crippen LogP contribution in [0.25, 0.3) is 5.65 Å². The van der Waals surface area contributed by atoms with E-state index in [2.05, 4.69) is 20.6 Å². The number of fused-ring (bicyclic) bond motifs is 1. The number of nitrogens with zero attached hydrogens (tertiary/aromatic N) is 6. The van der Waals surface area contributed by atoms with E-state index in [1.165, 1.54) is 12.1 Å². The Labute approximate surface area is 227 Å². The number of piperidine rings is 1. The summed E-state index contributed by atoms with van der Waals surface area (Å²) in [6.07, 6.45) is 4.77. The number of likely N-dealkylation sites (tertiary alicyclic amines) is 1. The van der Waals surface area contributed by atoms with Crippen molar-refractivity contribution in [2.45, 2.75) is 31.7 Å². The van der Waals surface area contributed by atoms with Crippen molar-refractivity contribution in [3.63, 3.8) is 0 Å². The Morgan fingerprint density at radius 3 is 2.54 bits per heavy atom. The van der Waals surface area contributed by atoms with Crippen LogP contribution in [0.15, 0.2) is 30.3 Å². The number of carbonyl (C=O) groups is 1. The first-order chi connectivity index (χ1) is 18.8. The summed E-state index contributed by atoms with van der Waals surface area (Å²) in [6.45, 7) is 5.37. The maximum absolute atomic E-state index is 13.9. The average Bonchev–Trinajstić information content (AvgIpc) is 3.32. The van der Waals surface area contributed by atoms with Crippen molar-refractivity contribution < 1.29 is 17.9 Å². The van der Waals surface area contributed by atoms with Crippen LogP contribution >= 0.6 is 0 Å². The monoisotopic (exact) mass is 554 g/mol. The second kappa shape index (κ2) is 10.2. The summed E-state index contributed by atoms with van der Waals surface area (Å²) < 4.78 is 33.9. The minimum absolute atomic E-state index is 0.214. The Morgan fingerprint density at radius 1 is 1.03 bits per heavy atom. The van der Waals surface area contributed by atoms with Gasteiger partial charge in [0.15, 0.2) is 5.65 Å². The van der Waals surface area contributed by atoms with Gasteiger partial charge in [0.2, 0.25) is 10.0 Å². The molecule has 12 nitrogen and oxygen atoms in total. The maximum Gasteiger partial charge on any atom is 0.256 e. The molecular formula is C26H34N8O4S. The minimum Gasteiger partial charge on any atom is -0.399 e. The molecule has 0 radical (unpaired) electrons. The van der Waals surface area contributed by atoms with Gasteiger partial charge in [-0.2, -0.15) is 9.61 Å². The summed E-state index contributed by atoms with van der Waals surface area (Å²) >= 11 is 0. The zero-order valence-corrected chi connectivity index (χ0v) is 22.9. The predicted octanol–water partition coefficient (Wildman–Crippen LogP) is 2.10. The van der Waals surface area contributed by atoms with Gasteiger partial charge in [-0.3, -0.25) is 9.52 Å². The van der Waals surface area contributed by atoms with Crippen LogP contribution in [-0.2, 0) is 14.8 Å². The lowest BCUT2D eigenvalue weighted by Crippen LogP contribution is -2.40. The standard InChI is InChI=1S/C26H34N8O4S/c1-39(36,37)30-20-7-6-18(27)15-19(20)26(35)33-10-3-2-5-22(33)21-16-24-28-23(31-8-4-9-31)17-25(34(24)29-21)32-11-13-38-14-12-32/h6-7,15-17,22,30H,2-5,8-14,27H2,1H3. The highest BCUT2D eigenvalue weighted by atomic mass is 32.2. The number of ether oxygens (including phenoxy) is 1. The van der Waals surface area contributed by atoms with Gasteiger partial charge < -0.3 is 25.2 Å². The van der Waals surface area contributed by atoms with Gasteiger partial charge in [-0.1, -0.05) is 0 Å². The van der Waals surface area contributed by atoms with E-state index < -0.39 is 10.0 Å². The molecule has 3 fully saturated rings. The van der Waals surface area contributed by atoms with Crippen LogP contribution in [0.2, 0.25) is 0 Å². The van der Waals surface area contributed by atoms with Crippen molar-refractivity contribution in [1.29, 1.82) is 0 Å². The van der Waals surface area contributed by atoms with E-state index in [1.54, 1.807) is 11.0 Å². The van der Waals surface area contributed by atoms with Crippen LogP contribution in [-0.4, -0.2) is 86.0 Å². The van der Waals surface area contributed by atoms with Crippen molar-refractivity contribution in [1.82, 2.24) is 19.5 Å². The number of hydrogen-bond acceptors (Lipinski definition) is 9. The van der Waals surface area contributed by atoms with Crippen molar-refractivity contribution in [2.75, 3.05) is 72.4 Å². The zero-order chi connectivity index (χ0) is 27.1. The van der Waals surface area contributed by atoms with Gasteiger partial charge in [0.05, 0.1) is 42.5 Å². The molecule has 5 heterocycles. The normalized spacial score (nSPS) is 20.2. The van der Waals surface area contributed by atoms with Crippen molar-refractivity contribution in [3.05, 3.63) is 41.6 Å². The number of morpholine rings is 1. The van der Waals surface area contributed by atoms with Gasteiger partial charge in [0.1, 0.15) is 11.6 Å². The summed E-state index contributed by atoms with van der Waals surface area (Å²) in [4.78, 5) is 25.2. The lowest BCUT2D eigenvalue weighted by molar-refractivity contribution is 0.0607. The molecule has 208 valence electrons. The molecule has 6 rings (SSSR count). The number of sulfonamides is 1.